The fourth-order valence-electron chi connectivity index (χ4n) is 3.48. The summed E-state index contributed by atoms with van der Waals surface area (Å²) in [5.74, 6) is 0.812. The molecule has 1 aliphatic rings. The zero-order valence-corrected chi connectivity index (χ0v) is 19.1. The van der Waals surface area contributed by atoms with Crippen LogP contribution in [0.5, 0.6) is 0 Å². The summed E-state index contributed by atoms with van der Waals surface area (Å²) in [5.41, 5.74) is 0.587. The maximum absolute atomic E-state index is 12.7. The smallest absolute Gasteiger partial charge is 0.269 e. The van der Waals surface area contributed by atoms with Crippen molar-refractivity contribution in [3.05, 3.63) is 39.9 Å². The maximum Gasteiger partial charge on any atom is 0.269 e. The first-order chi connectivity index (χ1) is 12.9. The molecule has 2 N–H and O–H groups in total. The molecule has 0 saturated heterocycles. The molecule has 0 radical (unpaired) electrons. The van der Waals surface area contributed by atoms with Crippen LogP contribution in [0.1, 0.15) is 38.2 Å². The Labute approximate surface area is 183 Å². The lowest BCUT2D eigenvalue weighted by Gasteiger charge is -2.31. The third kappa shape index (κ3) is 6.32. The number of guanidine groups is 1. The van der Waals surface area contributed by atoms with Crippen LogP contribution in [0.2, 0.25) is 0 Å². The monoisotopic (exact) mass is 503 g/mol. The molecule has 1 amide bonds. The highest BCUT2D eigenvalue weighted by atomic mass is 127. The van der Waals surface area contributed by atoms with Crippen LogP contribution in [0.15, 0.2) is 29.3 Å². The maximum atomic E-state index is 12.7. The Morgan fingerprint density at radius 1 is 1.21 bits per heavy atom. The molecule has 156 valence electrons. The Morgan fingerprint density at radius 2 is 1.82 bits per heavy atom. The van der Waals surface area contributed by atoms with E-state index in [0.717, 1.165) is 31.2 Å². The van der Waals surface area contributed by atoms with E-state index >= 15 is 0 Å². The number of amides is 1. The number of hydrogen-bond donors (Lipinski definition) is 2. The van der Waals surface area contributed by atoms with Gasteiger partial charge in [0.2, 0.25) is 5.91 Å². The number of nitrogens with zero attached hydrogens (tertiary/aromatic N) is 3. The number of nitrogens with one attached hydrogen (secondary N) is 2. The van der Waals surface area contributed by atoms with Crippen molar-refractivity contribution >= 4 is 41.5 Å². The number of aliphatic imine (C=N–C) groups is 1. The van der Waals surface area contributed by atoms with E-state index in [1.54, 1.807) is 31.1 Å². The van der Waals surface area contributed by atoms with Gasteiger partial charge in [-0.05, 0) is 25.3 Å². The van der Waals surface area contributed by atoms with Gasteiger partial charge in [0.15, 0.2) is 5.96 Å². The van der Waals surface area contributed by atoms with E-state index in [4.69, 9.17) is 0 Å². The van der Waals surface area contributed by atoms with Crippen LogP contribution in [0.25, 0.3) is 0 Å². The number of nitro groups is 1. The molecular weight excluding hydrogens is 473 g/mol. The molecule has 1 aliphatic carbocycles. The Bertz CT molecular complexity index is 685. The second kappa shape index (κ2) is 11.2. The van der Waals surface area contributed by atoms with Crippen molar-refractivity contribution in [3.63, 3.8) is 0 Å². The fourth-order valence-corrected chi connectivity index (χ4v) is 3.48. The second-order valence-corrected chi connectivity index (χ2v) is 7.16. The lowest BCUT2D eigenvalue weighted by atomic mass is 9.84. The van der Waals surface area contributed by atoms with Crippen molar-refractivity contribution in [1.82, 2.24) is 15.5 Å². The zero-order valence-electron chi connectivity index (χ0n) is 16.7. The lowest BCUT2D eigenvalue weighted by molar-refractivity contribution is -0.384. The minimum absolute atomic E-state index is 0. The van der Waals surface area contributed by atoms with Gasteiger partial charge in [0.1, 0.15) is 0 Å². The summed E-state index contributed by atoms with van der Waals surface area (Å²) in [6.45, 7) is 3.65. The number of non-ortho nitro benzene ring substituents is 1. The van der Waals surface area contributed by atoms with Gasteiger partial charge in [0, 0.05) is 39.3 Å². The molecule has 0 spiro atoms. The summed E-state index contributed by atoms with van der Waals surface area (Å²) < 4.78 is 0. The number of carbonyl (C=O) groups is 1. The Hall–Kier alpha value is -1.91. The van der Waals surface area contributed by atoms with Crippen LogP contribution in [-0.4, -0.2) is 48.9 Å². The standard InChI is InChI=1S/C19H29N5O3.HI/c1-4-20-18(21-13-15-7-9-16(10-8-15)24(26)27)22-14-19(11-5-6-12-19)17(25)23(2)3;/h7-10H,4-6,11-14H2,1-3H3,(H2,20,21,22);1H. The number of rotatable bonds is 7. The molecule has 0 heterocycles. The number of benzene rings is 1. The molecule has 0 bridgehead atoms. The molecule has 28 heavy (non-hydrogen) atoms. The quantitative estimate of drug-likeness (QED) is 0.196. The van der Waals surface area contributed by atoms with Crippen molar-refractivity contribution in [2.75, 3.05) is 27.2 Å². The molecule has 1 aromatic carbocycles. The van der Waals surface area contributed by atoms with E-state index in [1.807, 2.05) is 6.92 Å². The van der Waals surface area contributed by atoms with E-state index in [9.17, 15) is 14.9 Å². The van der Waals surface area contributed by atoms with Gasteiger partial charge in [0.05, 0.1) is 16.9 Å². The SMILES string of the molecule is CCNC(=NCc1ccc([N+](=O)[O-])cc1)NCC1(C(=O)N(C)C)CCCC1.I. The molecule has 2 rings (SSSR count). The van der Waals surface area contributed by atoms with Crippen LogP contribution >= 0.6 is 24.0 Å². The van der Waals surface area contributed by atoms with Gasteiger partial charge in [-0.2, -0.15) is 0 Å². The summed E-state index contributed by atoms with van der Waals surface area (Å²) >= 11 is 0. The van der Waals surface area contributed by atoms with Gasteiger partial charge < -0.3 is 15.5 Å². The number of nitro benzene ring substituents is 1. The summed E-state index contributed by atoms with van der Waals surface area (Å²) in [5, 5.41) is 17.3. The number of carbonyl (C=O) groups excluding carboxylic acids is 1. The van der Waals surface area contributed by atoms with E-state index in [2.05, 4.69) is 15.6 Å². The summed E-state index contributed by atoms with van der Waals surface area (Å²) in [7, 11) is 3.60. The lowest BCUT2D eigenvalue weighted by Crippen LogP contribution is -2.49. The number of halogens is 1. The summed E-state index contributed by atoms with van der Waals surface area (Å²) in [4.78, 5) is 29.2. The second-order valence-electron chi connectivity index (χ2n) is 7.16. The van der Waals surface area contributed by atoms with Gasteiger partial charge in [0.25, 0.3) is 5.69 Å². The third-order valence-corrected chi connectivity index (χ3v) is 4.93. The summed E-state index contributed by atoms with van der Waals surface area (Å²) in [6, 6.07) is 6.38. The average molecular weight is 503 g/mol. The van der Waals surface area contributed by atoms with Crippen LogP contribution < -0.4 is 10.6 Å². The zero-order chi connectivity index (χ0) is 19.9. The van der Waals surface area contributed by atoms with Gasteiger partial charge in [-0.25, -0.2) is 4.99 Å². The number of hydrogen-bond acceptors (Lipinski definition) is 4. The first kappa shape index (κ1) is 24.1. The van der Waals surface area contributed by atoms with Crippen molar-refractivity contribution in [3.8, 4) is 0 Å². The predicted octanol–water partition coefficient (Wildman–Crippen LogP) is 2.92. The van der Waals surface area contributed by atoms with E-state index in [0.29, 0.717) is 25.6 Å². The van der Waals surface area contributed by atoms with Gasteiger partial charge in [-0.3, -0.25) is 14.9 Å². The molecule has 1 aromatic rings. The van der Waals surface area contributed by atoms with Crippen molar-refractivity contribution < 1.29 is 9.72 Å². The highest BCUT2D eigenvalue weighted by Crippen LogP contribution is 2.38. The molecular formula is C19H30IN5O3. The first-order valence-electron chi connectivity index (χ1n) is 9.35. The van der Waals surface area contributed by atoms with E-state index in [1.165, 1.54) is 12.1 Å². The van der Waals surface area contributed by atoms with E-state index in [-0.39, 0.29) is 41.0 Å². The molecule has 9 heteroatoms. The predicted molar refractivity (Wildman–Crippen MR) is 121 cm³/mol. The van der Waals surface area contributed by atoms with Crippen LogP contribution in [0.4, 0.5) is 5.69 Å². The van der Waals surface area contributed by atoms with Crippen molar-refractivity contribution in [2.24, 2.45) is 10.4 Å². The van der Waals surface area contributed by atoms with Crippen LogP contribution in [-0.2, 0) is 11.3 Å². The Kier molecular flexibility index (Phi) is 9.63. The average Bonchev–Trinajstić information content (AvgIpc) is 3.13. The third-order valence-electron chi connectivity index (χ3n) is 4.93. The normalized spacial score (nSPS) is 15.5. The Morgan fingerprint density at radius 3 is 2.32 bits per heavy atom. The largest absolute Gasteiger partial charge is 0.357 e. The minimum Gasteiger partial charge on any atom is -0.357 e. The highest BCUT2D eigenvalue weighted by Gasteiger charge is 2.42. The van der Waals surface area contributed by atoms with Crippen molar-refractivity contribution in [1.29, 1.82) is 0 Å². The van der Waals surface area contributed by atoms with Crippen LogP contribution in [0, 0.1) is 15.5 Å². The fraction of sp³-hybridized carbons (Fsp3) is 0.579. The van der Waals surface area contributed by atoms with E-state index < -0.39 is 4.92 Å². The molecule has 0 unspecified atom stereocenters. The molecule has 0 aromatic heterocycles. The first-order valence-corrected chi connectivity index (χ1v) is 9.35. The molecule has 1 saturated carbocycles. The topological polar surface area (TPSA) is 99.9 Å². The van der Waals surface area contributed by atoms with Crippen molar-refractivity contribution in [2.45, 2.75) is 39.2 Å². The van der Waals surface area contributed by atoms with Gasteiger partial charge in [-0.15, -0.1) is 24.0 Å². The molecule has 0 atom stereocenters. The highest BCUT2D eigenvalue weighted by molar-refractivity contribution is 14.0. The summed E-state index contributed by atoms with van der Waals surface area (Å²) in [6.07, 6.45) is 3.91. The molecule has 0 aliphatic heterocycles. The minimum atomic E-state index is -0.415. The van der Waals surface area contributed by atoms with Gasteiger partial charge in [-0.1, -0.05) is 25.0 Å². The molecule has 8 nitrogen and oxygen atoms in total. The van der Waals surface area contributed by atoms with Gasteiger partial charge >= 0.3 is 0 Å². The molecule has 1 fully saturated rings. The van der Waals surface area contributed by atoms with Crippen LogP contribution in [0.3, 0.4) is 0 Å². The Balaban J connectivity index is 0.00000392.